The van der Waals surface area contributed by atoms with Crippen LogP contribution in [-0.4, -0.2) is 14.6 Å². The van der Waals surface area contributed by atoms with E-state index in [0.29, 0.717) is 5.82 Å². The zero-order valence-electron chi connectivity index (χ0n) is 13.0. The van der Waals surface area contributed by atoms with E-state index in [9.17, 15) is 9.70 Å². The quantitative estimate of drug-likeness (QED) is 0.826. The second kappa shape index (κ2) is 6.52. The van der Waals surface area contributed by atoms with Gasteiger partial charge in [0, 0.05) is 11.5 Å². The number of aromatic amines is 1. The SMILES string of the molecule is CCCCC(CC)c1nc2c(N=O)c(C)c(C#N)c(=O)n2[nH]1. The molecule has 1 unspecified atom stereocenters. The average molecular weight is 301 g/mol. The van der Waals surface area contributed by atoms with Gasteiger partial charge in [-0.3, -0.25) is 9.89 Å². The topological polar surface area (TPSA) is 103 Å². The molecule has 2 aromatic rings. The highest BCUT2D eigenvalue weighted by Crippen LogP contribution is 2.28. The van der Waals surface area contributed by atoms with E-state index in [1.165, 1.54) is 0 Å². The van der Waals surface area contributed by atoms with Crippen LogP contribution in [0.2, 0.25) is 0 Å². The minimum Gasteiger partial charge on any atom is -0.276 e. The molecular weight excluding hydrogens is 282 g/mol. The maximum atomic E-state index is 12.3. The molecule has 0 saturated heterocycles. The lowest BCUT2D eigenvalue weighted by molar-refractivity contribution is 0.542. The monoisotopic (exact) mass is 301 g/mol. The maximum absolute atomic E-state index is 12.3. The first-order valence-electron chi connectivity index (χ1n) is 7.47. The maximum Gasteiger partial charge on any atom is 0.289 e. The van der Waals surface area contributed by atoms with Crippen LogP contribution in [0.3, 0.4) is 0 Å². The number of nitroso groups, excluding NO2 is 1. The summed E-state index contributed by atoms with van der Waals surface area (Å²) in [5, 5.41) is 15.0. The van der Waals surface area contributed by atoms with Crippen LogP contribution in [0.15, 0.2) is 9.97 Å². The second-order valence-electron chi connectivity index (χ2n) is 5.37. The molecule has 0 radical (unpaired) electrons. The number of aromatic nitrogens is 3. The highest BCUT2D eigenvalue weighted by Gasteiger charge is 2.21. The zero-order chi connectivity index (χ0) is 16.3. The van der Waals surface area contributed by atoms with Gasteiger partial charge >= 0.3 is 0 Å². The molecule has 2 heterocycles. The fourth-order valence-electron chi connectivity index (χ4n) is 2.63. The first-order chi connectivity index (χ1) is 10.6. The normalized spacial score (nSPS) is 12.3. The predicted octanol–water partition coefficient (Wildman–Crippen LogP) is 3.28. The molecule has 1 atom stereocenters. The molecule has 7 heteroatoms. The van der Waals surface area contributed by atoms with Crippen molar-refractivity contribution in [1.82, 2.24) is 14.6 Å². The molecule has 0 saturated carbocycles. The molecule has 0 aliphatic heterocycles. The summed E-state index contributed by atoms with van der Waals surface area (Å²) in [6, 6.07) is 1.84. The second-order valence-corrected chi connectivity index (χ2v) is 5.37. The zero-order valence-corrected chi connectivity index (χ0v) is 13.0. The van der Waals surface area contributed by atoms with Gasteiger partial charge in [-0.1, -0.05) is 26.7 Å². The molecule has 0 bridgehead atoms. The van der Waals surface area contributed by atoms with Gasteiger partial charge in [0.05, 0.1) is 0 Å². The van der Waals surface area contributed by atoms with Crippen LogP contribution >= 0.6 is 0 Å². The summed E-state index contributed by atoms with van der Waals surface area (Å²) < 4.78 is 1.16. The van der Waals surface area contributed by atoms with Crippen LogP contribution in [0.5, 0.6) is 0 Å². The minimum atomic E-state index is -0.494. The van der Waals surface area contributed by atoms with Crippen molar-refractivity contribution in [3.05, 3.63) is 32.2 Å². The molecular formula is C15H19N5O2. The molecule has 0 aliphatic rings. The van der Waals surface area contributed by atoms with E-state index in [1.807, 2.05) is 6.07 Å². The Hall–Kier alpha value is -2.49. The van der Waals surface area contributed by atoms with Crippen molar-refractivity contribution in [3.8, 4) is 6.07 Å². The van der Waals surface area contributed by atoms with Crippen LogP contribution in [0, 0.1) is 23.2 Å². The molecule has 0 spiro atoms. The van der Waals surface area contributed by atoms with Crippen LogP contribution < -0.4 is 5.56 Å². The summed E-state index contributed by atoms with van der Waals surface area (Å²) >= 11 is 0. The summed E-state index contributed by atoms with van der Waals surface area (Å²) in [4.78, 5) is 27.8. The Morgan fingerprint density at radius 2 is 2.18 bits per heavy atom. The predicted molar refractivity (Wildman–Crippen MR) is 83.3 cm³/mol. The Morgan fingerprint density at radius 3 is 2.73 bits per heavy atom. The minimum absolute atomic E-state index is 0.0454. The van der Waals surface area contributed by atoms with E-state index in [2.05, 4.69) is 29.1 Å². The first kappa shape index (κ1) is 15.9. The van der Waals surface area contributed by atoms with Crippen LogP contribution in [0.1, 0.15) is 62.4 Å². The number of hydrogen-bond acceptors (Lipinski definition) is 5. The van der Waals surface area contributed by atoms with Crippen molar-refractivity contribution < 1.29 is 0 Å². The third-order valence-electron chi connectivity index (χ3n) is 4.01. The summed E-state index contributed by atoms with van der Waals surface area (Å²) in [7, 11) is 0. The van der Waals surface area contributed by atoms with E-state index < -0.39 is 5.56 Å². The van der Waals surface area contributed by atoms with E-state index in [-0.39, 0.29) is 28.4 Å². The molecule has 0 aliphatic carbocycles. The van der Waals surface area contributed by atoms with Gasteiger partial charge in [-0.25, -0.2) is 4.98 Å². The molecule has 2 rings (SSSR count). The van der Waals surface area contributed by atoms with Crippen molar-refractivity contribution in [2.24, 2.45) is 5.18 Å². The fourth-order valence-corrected chi connectivity index (χ4v) is 2.63. The molecule has 1 N–H and O–H groups in total. The Balaban J connectivity index is 2.68. The first-order valence-corrected chi connectivity index (χ1v) is 7.47. The Labute approximate surface area is 127 Å². The molecule has 116 valence electrons. The fraction of sp³-hybridized carbons (Fsp3) is 0.533. The van der Waals surface area contributed by atoms with E-state index in [1.54, 1.807) is 6.92 Å². The van der Waals surface area contributed by atoms with Gasteiger partial charge in [0.15, 0.2) is 11.3 Å². The highest BCUT2D eigenvalue weighted by molar-refractivity contribution is 5.70. The van der Waals surface area contributed by atoms with Crippen molar-refractivity contribution in [2.75, 3.05) is 0 Å². The Morgan fingerprint density at radius 1 is 1.45 bits per heavy atom. The van der Waals surface area contributed by atoms with Gasteiger partial charge < -0.3 is 0 Å². The number of nitrogens with zero attached hydrogens (tertiary/aromatic N) is 4. The number of hydrogen-bond donors (Lipinski definition) is 1. The molecule has 0 amide bonds. The van der Waals surface area contributed by atoms with Gasteiger partial charge in [-0.05, 0) is 24.9 Å². The van der Waals surface area contributed by atoms with E-state index >= 15 is 0 Å². The molecule has 2 aromatic heterocycles. The lowest BCUT2D eigenvalue weighted by Crippen LogP contribution is -2.19. The molecule has 0 fully saturated rings. The molecule has 7 nitrogen and oxygen atoms in total. The summed E-state index contributed by atoms with van der Waals surface area (Å²) in [6.07, 6.45) is 3.97. The number of rotatable bonds is 6. The summed E-state index contributed by atoms with van der Waals surface area (Å²) in [6.45, 7) is 5.72. The highest BCUT2D eigenvalue weighted by atomic mass is 16.3. The van der Waals surface area contributed by atoms with Crippen molar-refractivity contribution >= 4 is 11.3 Å². The summed E-state index contributed by atoms with van der Waals surface area (Å²) in [5.41, 5.74) is -0.0528. The van der Waals surface area contributed by atoms with Crippen molar-refractivity contribution in [2.45, 2.75) is 52.4 Å². The van der Waals surface area contributed by atoms with E-state index in [0.717, 1.165) is 30.2 Å². The number of fused-ring (bicyclic) bond motifs is 1. The third-order valence-corrected chi connectivity index (χ3v) is 4.01. The summed E-state index contributed by atoms with van der Waals surface area (Å²) in [5.74, 6) is 0.844. The number of nitrogens with one attached hydrogen (secondary N) is 1. The smallest absolute Gasteiger partial charge is 0.276 e. The van der Waals surface area contributed by atoms with Gasteiger partial charge in [0.1, 0.15) is 17.5 Å². The largest absolute Gasteiger partial charge is 0.289 e. The standard InChI is InChI=1S/C15H19N5O2/c1-4-6-7-10(5-2)13-17-14-12(19-22)9(3)11(8-16)15(21)20(14)18-13/h10H,4-7H2,1-3H3,(H,17,18). The van der Waals surface area contributed by atoms with Crippen LogP contribution in [-0.2, 0) is 0 Å². The van der Waals surface area contributed by atoms with Gasteiger partial charge in [-0.15, -0.1) is 4.91 Å². The molecule has 0 aromatic carbocycles. The van der Waals surface area contributed by atoms with Gasteiger partial charge in [0.25, 0.3) is 5.56 Å². The molecule has 22 heavy (non-hydrogen) atoms. The van der Waals surface area contributed by atoms with Crippen LogP contribution in [0.4, 0.5) is 5.69 Å². The lowest BCUT2D eigenvalue weighted by Gasteiger charge is -2.10. The number of pyridine rings is 1. The van der Waals surface area contributed by atoms with Crippen molar-refractivity contribution in [1.29, 1.82) is 5.26 Å². The van der Waals surface area contributed by atoms with E-state index in [4.69, 9.17) is 5.26 Å². The average Bonchev–Trinajstić information content (AvgIpc) is 2.94. The van der Waals surface area contributed by atoms with Gasteiger partial charge in [0.2, 0.25) is 0 Å². The number of nitriles is 1. The lowest BCUT2D eigenvalue weighted by atomic mass is 9.99. The Bertz CT molecular complexity index is 797. The van der Waals surface area contributed by atoms with Crippen molar-refractivity contribution in [3.63, 3.8) is 0 Å². The third kappa shape index (κ3) is 2.52. The Kier molecular flexibility index (Phi) is 4.71. The number of unbranched alkanes of at least 4 members (excludes halogenated alkanes) is 1. The van der Waals surface area contributed by atoms with Gasteiger partial charge in [-0.2, -0.15) is 9.78 Å². The van der Waals surface area contributed by atoms with Crippen LogP contribution in [0.25, 0.3) is 5.65 Å². The number of H-pyrrole nitrogens is 1.